The van der Waals surface area contributed by atoms with Gasteiger partial charge in [0.15, 0.2) is 0 Å². The zero-order valence-corrected chi connectivity index (χ0v) is 13.6. The van der Waals surface area contributed by atoms with Gasteiger partial charge < -0.3 is 10.1 Å². The van der Waals surface area contributed by atoms with E-state index in [0.29, 0.717) is 6.54 Å². The number of anilines is 1. The summed E-state index contributed by atoms with van der Waals surface area (Å²) in [6.45, 7) is 3.11. The molecule has 21 heavy (non-hydrogen) atoms. The minimum atomic E-state index is 0.278. The van der Waals surface area contributed by atoms with Crippen molar-refractivity contribution in [2.75, 3.05) is 11.9 Å². The molecule has 2 aromatic carbocycles. The molecular formula is C18H18BrNO. The van der Waals surface area contributed by atoms with Crippen LogP contribution in [0.5, 0.6) is 5.75 Å². The number of aryl methyl sites for hydroxylation is 1. The average Bonchev–Trinajstić information content (AvgIpc) is 2.52. The molecule has 0 amide bonds. The molecule has 2 rings (SSSR count). The number of hydrogen-bond donors (Lipinski definition) is 1. The maximum absolute atomic E-state index is 5.57. The molecule has 0 aliphatic heterocycles. The molecule has 0 fully saturated rings. The first-order valence-electron chi connectivity index (χ1n) is 6.90. The third-order valence-electron chi connectivity index (χ3n) is 3.18. The number of terminal acetylenes is 1. The van der Waals surface area contributed by atoms with Crippen LogP contribution in [0, 0.1) is 12.3 Å². The summed E-state index contributed by atoms with van der Waals surface area (Å²) in [5.74, 6) is 3.30. The fourth-order valence-electron chi connectivity index (χ4n) is 2.00. The maximum Gasteiger partial charge on any atom is 0.148 e. The molecule has 2 nitrogen and oxygen atoms in total. The van der Waals surface area contributed by atoms with E-state index < -0.39 is 0 Å². The predicted octanol–water partition coefficient (Wildman–Crippen LogP) is 4.64. The van der Waals surface area contributed by atoms with Gasteiger partial charge in [-0.1, -0.05) is 40.9 Å². The maximum atomic E-state index is 5.57. The molecule has 0 unspecified atom stereocenters. The minimum absolute atomic E-state index is 0.278. The van der Waals surface area contributed by atoms with E-state index in [2.05, 4.69) is 58.4 Å². The van der Waals surface area contributed by atoms with E-state index in [1.165, 1.54) is 5.56 Å². The number of halogens is 1. The highest BCUT2D eigenvalue weighted by atomic mass is 79.9. The molecule has 0 saturated carbocycles. The van der Waals surface area contributed by atoms with Gasteiger partial charge in [0.05, 0.1) is 0 Å². The molecule has 0 aliphatic carbocycles. The molecular weight excluding hydrogens is 326 g/mol. The molecule has 0 aliphatic rings. The van der Waals surface area contributed by atoms with Crippen molar-refractivity contribution in [3.05, 3.63) is 58.1 Å². The summed E-state index contributed by atoms with van der Waals surface area (Å²) in [6.07, 6.45) is 6.30. The van der Waals surface area contributed by atoms with Gasteiger partial charge in [-0.05, 0) is 42.3 Å². The van der Waals surface area contributed by atoms with Gasteiger partial charge >= 0.3 is 0 Å². The van der Waals surface area contributed by atoms with E-state index in [-0.39, 0.29) is 6.61 Å². The fourth-order valence-corrected chi connectivity index (χ4v) is 2.41. The highest BCUT2D eigenvalue weighted by Crippen LogP contribution is 2.24. The first-order chi connectivity index (χ1) is 10.2. The lowest BCUT2D eigenvalue weighted by Gasteiger charge is -2.12. The van der Waals surface area contributed by atoms with E-state index in [1.54, 1.807) is 0 Å². The van der Waals surface area contributed by atoms with Crippen LogP contribution in [-0.2, 0) is 13.0 Å². The van der Waals surface area contributed by atoms with Crippen LogP contribution < -0.4 is 10.1 Å². The highest BCUT2D eigenvalue weighted by molar-refractivity contribution is 9.10. The second-order valence-electron chi connectivity index (χ2n) is 4.65. The topological polar surface area (TPSA) is 21.3 Å². The summed E-state index contributed by atoms with van der Waals surface area (Å²) in [7, 11) is 0. The molecule has 0 heterocycles. The van der Waals surface area contributed by atoms with Crippen LogP contribution in [0.25, 0.3) is 0 Å². The third-order valence-corrected chi connectivity index (χ3v) is 3.67. The van der Waals surface area contributed by atoms with Crippen LogP contribution in [-0.4, -0.2) is 6.61 Å². The summed E-state index contributed by atoms with van der Waals surface area (Å²) < 4.78 is 6.59. The lowest BCUT2D eigenvalue weighted by atomic mass is 10.1. The summed E-state index contributed by atoms with van der Waals surface area (Å²) in [5.41, 5.74) is 3.50. The molecule has 3 heteroatoms. The van der Waals surface area contributed by atoms with E-state index in [0.717, 1.165) is 27.9 Å². The quantitative estimate of drug-likeness (QED) is 0.771. The van der Waals surface area contributed by atoms with Crippen molar-refractivity contribution in [1.29, 1.82) is 0 Å². The monoisotopic (exact) mass is 343 g/mol. The Morgan fingerprint density at radius 2 is 1.95 bits per heavy atom. The minimum Gasteiger partial charge on any atom is -0.481 e. The highest BCUT2D eigenvalue weighted by Gasteiger charge is 2.04. The number of benzene rings is 2. The second kappa shape index (κ2) is 7.75. The van der Waals surface area contributed by atoms with Crippen LogP contribution in [0.3, 0.4) is 0 Å². The van der Waals surface area contributed by atoms with Crippen molar-refractivity contribution < 1.29 is 4.74 Å². The zero-order valence-electron chi connectivity index (χ0n) is 12.0. The molecule has 108 valence electrons. The van der Waals surface area contributed by atoms with Crippen molar-refractivity contribution >= 4 is 21.6 Å². The Morgan fingerprint density at radius 3 is 2.62 bits per heavy atom. The average molecular weight is 344 g/mol. The molecule has 1 N–H and O–H groups in total. The molecule has 0 atom stereocenters. The molecule has 0 saturated heterocycles. The Balaban J connectivity index is 2.07. The van der Waals surface area contributed by atoms with E-state index >= 15 is 0 Å². The Kier molecular flexibility index (Phi) is 5.71. The zero-order chi connectivity index (χ0) is 15.1. The van der Waals surface area contributed by atoms with Crippen LogP contribution in [0.15, 0.2) is 46.9 Å². The molecule has 0 spiro atoms. The third kappa shape index (κ3) is 4.54. The summed E-state index contributed by atoms with van der Waals surface area (Å²) >= 11 is 3.49. The van der Waals surface area contributed by atoms with Crippen molar-refractivity contribution in [1.82, 2.24) is 0 Å². The number of nitrogens with one attached hydrogen (secondary N) is 1. The van der Waals surface area contributed by atoms with Gasteiger partial charge in [-0.15, -0.1) is 6.42 Å². The van der Waals surface area contributed by atoms with E-state index in [1.807, 2.05) is 18.2 Å². The molecule has 0 aromatic heterocycles. The van der Waals surface area contributed by atoms with Crippen molar-refractivity contribution in [3.63, 3.8) is 0 Å². The van der Waals surface area contributed by atoms with Gasteiger partial charge in [-0.3, -0.25) is 0 Å². The Bertz CT molecular complexity index is 629. The van der Waals surface area contributed by atoms with E-state index in [9.17, 15) is 0 Å². The largest absolute Gasteiger partial charge is 0.481 e. The standard InChI is InChI=1S/C18H18BrNO/c1-3-11-21-18-10-7-16(19)12-15(18)13-20-17-8-5-14(4-2)6-9-17/h1,5-10,12,20H,4,11,13H2,2H3. The van der Waals surface area contributed by atoms with Crippen molar-refractivity contribution in [2.45, 2.75) is 19.9 Å². The normalized spacial score (nSPS) is 9.95. The summed E-state index contributed by atoms with van der Waals surface area (Å²) in [4.78, 5) is 0. The number of hydrogen-bond acceptors (Lipinski definition) is 2. The molecule has 2 aromatic rings. The first-order valence-corrected chi connectivity index (χ1v) is 7.69. The van der Waals surface area contributed by atoms with Crippen LogP contribution in [0.1, 0.15) is 18.1 Å². The van der Waals surface area contributed by atoms with Gasteiger partial charge in [0, 0.05) is 22.3 Å². The van der Waals surface area contributed by atoms with Crippen LogP contribution in [0.4, 0.5) is 5.69 Å². The SMILES string of the molecule is C#CCOc1ccc(Br)cc1CNc1ccc(CC)cc1. The van der Waals surface area contributed by atoms with Gasteiger partial charge in [-0.2, -0.15) is 0 Å². The van der Waals surface area contributed by atoms with Crippen LogP contribution >= 0.6 is 15.9 Å². The molecule has 0 bridgehead atoms. The van der Waals surface area contributed by atoms with E-state index in [4.69, 9.17) is 11.2 Å². The van der Waals surface area contributed by atoms with Gasteiger partial charge in [0.1, 0.15) is 12.4 Å². The van der Waals surface area contributed by atoms with Gasteiger partial charge in [0.25, 0.3) is 0 Å². The predicted molar refractivity (Wildman–Crippen MR) is 91.6 cm³/mol. The van der Waals surface area contributed by atoms with Crippen molar-refractivity contribution in [3.8, 4) is 18.1 Å². The summed E-state index contributed by atoms with van der Waals surface area (Å²) in [5, 5.41) is 3.40. The first kappa shape index (κ1) is 15.5. The molecule has 0 radical (unpaired) electrons. The second-order valence-corrected chi connectivity index (χ2v) is 5.56. The lowest BCUT2D eigenvalue weighted by Crippen LogP contribution is -2.04. The van der Waals surface area contributed by atoms with Gasteiger partial charge in [-0.25, -0.2) is 0 Å². The number of rotatable bonds is 6. The Labute approximate surface area is 134 Å². The lowest BCUT2D eigenvalue weighted by molar-refractivity contribution is 0.366. The smallest absolute Gasteiger partial charge is 0.148 e. The Hall–Kier alpha value is -1.92. The fraction of sp³-hybridized carbons (Fsp3) is 0.222. The Morgan fingerprint density at radius 1 is 1.19 bits per heavy atom. The van der Waals surface area contributed by atoms with Crippen molar-refractivity contribution in [2.24, 2.45) is 0 Å². The number of ether oxygens (including phenoxy) is 1. The summed E-state index contributed by atoms with van der Waals surface area (Å²) in [6, 6.07) is 14.4. The van der Waals surface area contributed by atoms with Crippen LogP contribution in [0.2, 0.25) is 0 Å². The van der Waals surface area contributed by atoms with Gasteiger partial charge in [0.2, 0.25) is 0 Å².